The van der Waals surface area contributed by atoms with Crippen molar-refractivity contribution in [3.63, 3.8) is 0 Å². The summed E-state index contributed by atoms with van der Waals surface area (Å²) in [5.74, 6) is 1.94. The van der Waals surface area contributed by atoms with Crippen LogP contribution in [0.3, 0.4) is 0 Å². The molecule has 0 N–H and O–H groups in total. The highest BCUT2D eigenvalue weighted by Gasteiger charge is 2.16. The number of methoxy groups -OCH3 is 3. The summed E-state index contributed by atoms with van der Waals surface area (Å²) in [4.78, 5) is 22.9. The van der Waals surface area contributed by atoms with Crippen LogP contribution in [-0.2, 0) is 16.1 Å². The summed E-state index contributed by atoms with van der Waals surface area (Å²) in [6.45, 7) is 0.871. The molecule has 2 aromatic carbocycles. The van der Waals surface area contributed by atoms with Crippen LogP contribution in [0.5, 0.6) is 23.0 Å². The smallest absolute Gasteiger partial charge is 0.305 e. The van der Waals surface area contributed by atoms with E-state index >= 15 is 0 Å². The highest BCUT2D eigenvalue weighted by Crippen LogP contribution is 2.36. The van der Waals surface area contributed by atoms with Crippen LogP contribution in [-0.4, -0.2) is 37.7 Å². The lowest BCUT2D eigenvalue weighted by molar-refractivity contribution is -0.140. The molecule has 0 saturated carbocycles. The second-order valence-electron chi connectivity index (χ2n) is 6.65. The van der Waals surface area contributed by atoms with Crippen molar-refractivity contribution in [3.8, 4) is 23.0 Å². The first kappa shape index (κ1) is 24.8. The van der Waals surface area contributed by atoms with Crippen LogP contribution >= 0.6 is 22.6 Å². The summed E-state index contributed by atoms with van der Waals surface area (Å²) in [7, 11) is 4.43. The lowest BCUT2D eigenvalue weighted by Crippen LogP contribution is -2.03. The van der Waals surface area contributed by atoms with Gasteiger partial charge in [0, 0.05) is 35.1 Å². The summed E-state index contributed by atoms with van der Waals surface area (Å²) in [5, 5.41) is 0. The number of hydrogen-bond donors (Lipinski definition) is 0. The Kier molecular flexibility index (Phi) is 10.4. The first-order valence-electron chi connectivity index (χ1n) is 9.85. The monoisotopic (exact) mass is 542 g/mol. The SMILES string of the molecule is COC(=O)CCCCCOc1cccc(COc2cc(OC)c(C(=O)I)cc2OC)c1. The minimum absolute atomic E-state index is 0.144. The van der Waals surface area contributed by atoms with Crippen molar-refractivity contribution < 1.29 is 33.3 Å². The average molecular weight is 542 g/mol. The molecular weight excluding hydrogens is 515 g/mol. The van der Waals surface area contributed by atoms with Gasteiger partial charge in [-0.05, 0) is 43.0 Å². The molecule has 0 aliphatic carbocycles. The quantitative estimate of drug-likeness (QED) is 0.153. The molecule has 0 amide bonds. The fourth-order valence-corrected chi connectivity index (χ4v) is 3.28. The maximum absolute atomic E-state index is 11.8. The average Bonchev–Trinajstić information content (AvgIpc) is 2.79. The number of hydrogen-bond acceptors (Lipinski definition) is 7. The number of rotatable bonds is 13. The minimum atomic E-state index is -0.182. The summed E-state index contributed by atoms with van der Waals surface area (Å²) in [5.41, 5.74) is 1.35. The Labute approximate surface area is 196 Å². The van der Waals surface area contributed by atoms with E-state index < -0.39 is 0 Å². The molecule has 0 radical (unpaired) electrons. The van der Waals surface area contributed by atoms with Gasteiger partial charge in [-0.15, -0.1) is 0 Å². The van der Waals surface area contributed by atoms with Crippen LogP contribution in [0.1, 0.15) is 41.6 Å². The molecule has 8 heteroatoms. The number of halogens is 1. The normalized spacial score (nSPS) is 10.3. The lowest BCUT2D eigenvalue weighted by atomic mass is 10.2. The molecule has 0 fully saturated rings. The lowest BCUT2D eigenvalue weighted by Gasteiger charge is -2.14. The van der Waals surface area contributed by atoms with Gasteiger partial charge in [0.1, 0.15) is 18.1 Å². The highest BCUT2D eigenvalue weighted by molar-refractivity contribution is 14.1. The second-order valence-corrected chi connectivity index (χ2v) is 7.63. The molecule has 7 nitrogen and oxygen atoms in total. The van der Waals surface area contributed by atoms with Gasteiger partial charge in [0.2, 0.25) is 3.79 Å². The van der Waals surface area contributed by atoms with Crippen molar-refractivity contribution in [2.45, 2.75) is 32.3 Å². The zero-order chi connectivity index (χ0) is 22.6. The summed E-state index contributed by atoms with van der Waals surface area (Å²) in [6.07, 6.45) is 2.98. The van der Waals surface area contributed by atoms with E-state index in [0.717, 1.165) is 30.6 Å². The zero-order valence-electron chi connectivity index (χ0n) is 17.9. The number of carbonyl (C=O) groups is 2. The van der Waals surface area contributed by atoms with Crippen molar-refractivity contribution in [1.82, 2.24) is 0 Å². The van der Waals surface area contributed by atoms with Gasteiger partial charge in [-0.3, -0.25) is 9.59 Å². The van der Waals surface area contributed by atoms with Crippen molar-refractivity contribution >= 4 is 32.4 Å². The molecule has 0 atom stereocenters. The largest absolute Gasteiger partial charge is 0.496 e. The van der Waals surface area contributed by atoms with Gasteiger partial charge in [0.15, 0.2) is 11.5 Å². The van der Waals surface area contributed by atoms with Gasteiger partial charge in [-0.25, -0.2) is 0 Å². The van der Waals surface area contributed by atoms with Gasteiger partial charge in [0.25, 0.3) is 0 Å². The molecule has 168 valence electrons. The van der Waals surface area contributed by atoms with E-state index in [4.69, 9.17) is 18.9 Å². The Balaban J connectivity index is 1.91. The molecule has 0 bridgehead atoms. The van der Waals surface area contributed by atoms with Crippen molar-refractivity contribution in [2.75, 3.05) is 27.9 Å². The van der Waals surface area contributed by atoms with Gasteiger partial charge in [-0.1, -0.05) is 12.1 Å². The third-order valence-corrected chi connectivity index (χ3v) is 5.09. The van der Waals surface area contributed by atoms with E-state index in [9.17, 15) is 9.59 Å². The number of benzene rings is 2. The maximum atomic E-state index is 11.8. The minimum Gasteiger partial charge on any atom is -0.496 e. The van der Waals surface area contributed by atoms with Crippen molar-refractivity contribution in [1.29, 1.82) is 0 Å². The van der Waals surface area contributed by atoms with Gasteiger partial charge >= 0.3 is 5.97 Å². The third-order valence-electron chi connectivity index (χ3n) is 4.51. The predicted octanol–water partition coefficient (Wildman–Crippen LogP) is 4.97. The Morgan fingerprint density at radius 3 is 2.32 bits per heavy atom. The molecule has 2 rings (SSSR count). The number of esters is 1. The van der Waals surface area contributed by atoms with Crippen LogP contribution in [0.25, 0.3) is 0 Å². The molecule has 0 aliphatic rings. The topological polar surface area (TPSA) is 80.3 Å². The first-order valence-corrected chi connectivity index (χ1v) is 10.9. The number of carbonyl (C=O) groups excluding carboxylic acids is 2. The van der Waals surface area contributed by atoms with E-state index in [1.54, 1.807) is 34.7 Å². The van der Waals surface area contributed by atoms with Crippen LogP contribution in [0.15, 0.2) is 36.4 Å². The van der Waals surface area contributed by atoms with Crippen LogP contribution in [0.2, 0.25) is 0 Å². The van der Waals surface area contributed by atoms with Crippen molar-refractivity contribution in [2.24, 2.45) is 0 Å². The molecule has 0 unspecified atom stereocenters. The molecule has 0 heterocycles. The van der Waals surface area contributed by atoms with E-state index in [0.29, 0.717) is 42.4 Å². The summed E-state index contributed by atoms with van der Waals surface area (Å²) in [6, 6.07) is 10.9. The van der Waals surface area contributed by atoms with E-state index in [1.165, 1.54) is 21.3 Å². The fraction of sp³-hybridized carbons (Fsp3) is 0.391. The summed E-state index contributed by atoms with van der Waals surface area (Å²) >= 11 is 1.71. The molecule has 2 aromatic rings. The standard InChI is InChI=1S/C23H27IO7/c1-27-19-14-21(20(28-2)13-18(19)23(24)26)31-15-16-8-7-9-17(12-16)30-11-6-4-5-10-22(25)29-3/h7-9,12-14H,4-6,10-11,15H2,1-3H3. The molecule has 31 heavy (non-hydrogen) atoms. The van der Waals surface area contributed by atoms with Gasteiger partial charge < -0.3 is 23.7 Å². The Morgan fingerprint density at radius 2 is 1.65 bits per heavy atom. The zero-order valence-corrected chi connectivity index (χ0v) is 20.1. The van der Waals surface area contributed by atoms with Gasteiger partial charge in [-0.2, -0.15) is 0 Å². The molecule has 0 aliphatic heterocycles. The Morgan fingerprint density at radius 1 is 0.871 bits per heavy atom. The molecule has 0 saturated heterocycles. The molecular formula is C23H27IO7. The Hall–Kier alpha value is -2.49. The van der Waals surface area contributed by atoms with Crippen molar-refractivity contribution in [3.05, 3.63) is 47.5 Å². The number of unbranched alkanes of at least 4 members (excludes halogenated alkanes) is 2. The fourth-order valence-electron chi connectivity index (χ4n) is 2.86. The third kappa shape index (κ3) is 7.93. The summed E-state index contributed by atoms with van der Waals surface area (Å²) < 4.78 is 26.9. The van der Waals surface area contributed by atoms with E-state index in [1.807, 2.05) is 24.3 Å². The van der Waals surface area contributed by atoms with E-state index in [-0.39, 0.29) is 9.76 Å². The van der Waals surface area contributed by atoms with Crippen LogP contribution in [0, 0.1) is 0 Å². The molecule has 0 aromatic heterocycles. The first-order chi connectivity index (χ1) is 15.0. The number of ether oxygens (including phenoxy) is 5. The van der Waals surface area contributed by atoms with Crippen LogP contribution in [0.4, 0.5) is 0 Å². The van der Waals surface area contributed by atoms with Gasteiger partial charge in [0.05, 0.1) is 33.5 Å². The second kappa shape index (κ2) is 13.0. The Bertz CT molecular complexity index is 882. The molecule has 0 spiro atoms. The predicted molar refractivity (Wildman–Crippen MR) is 125 cm³/mol. The van der Waals surface area contributed by atoms with E-state index in [2.05, 4.69) is 4.74 Å². The highest BCUT2D eigenvalue weighted by atomic mass is 127. The van der Waals surface area contributed by atoms with Crippen LogP contribution < -0.4 is 18.9 Å². The maximum Gasteiger partial charge on any atom is 0.305 e.